The van der Waals surface area contributed by atoms with E-state index in [1.165, 1.54) is 5.56 Å². The molecule has 0 radical (unpaired) electrons. The zero-order valence-corrected chi connectivity index (χ0v) is 16.2. The number of ketones is 1. The molecule has 0 aliphatic rings. The van der Waals surface area contributed by atoms with Crippen LogP contribution in [0.3, 0.4) is 0 Å². The number of hydrogen-bond donors (Lipinski definition) is 2. The monoisotopic (exact) mass is 425 g/mol. The summed E-state index contributed by atoms with van der Waals surface area (Å²) < 4.78 is 37.2. The Kier molecular flexibility index (Phi) is 9.70. The second-order valence-corrected chi connectivity index (χ2v) is 6.36. The topological polar surface area (TPSA) is 107 Å². The Morgan fingerprint density at radius 2 is 1.77 bits per heavy atom. The maximum Gasteiger partial charge on any atom is 0.490 e. The molecule has 0 aliphatic carbocycles. The number of carboxylic acid groups (broad SMARTS) is 1. The number of aldehydes is 1. The van der Waals surface area contributed by atoms with E-state index in [9.17, 15) is 22.8 Å². The summed E-state index contributed by atoms with van der Waals surface area (Å²) in [6.07, 6.45) is -3.27. The van der Waals surface area contributed by atoms with Crippen molar-refractivity contribution in [2.45, 2.75) is 32.0 Å². The second-order valence-electron chi connectivity index (χ2n) is 6.36. The predicted molar refractivity (Wildman–Crippen MR) is 103 cm³/mol. The third-order valence-corrected chi connectivity index (χ3v) is 3.86. The number of benzene rings is 2. The highest BCUT2D eigenvalue weighted by molar-refractivity contribution is 5.84. The molecular weight excluding hydrogens is 403 g/mol. The van der Waals surface area contributed by atoms with Crippen LogP contribution in [0.25, 0.3) is 0 Å². The van der Waals surface area contributed by atoms with Gasteiger partial charge in [0.1, 0.15) is 18.6 Å². The van der Waals surface area contributed by atoms with Gasteiger partial charge in [-0.15, -0.1) is 0 Å². The molecule has 0 spiro atoms. The summed E-state index contributed by atoms with van der Waals surface area (Å²) in [5, 5.41) is 7.12. The Bertz CT molecular complexity index is 850. The minimum Gasteiger partial charge on any atom is -0.491 e. The van der Waals surface area contributed by atoms with Gasteiger partial charge in [0.05, 0.1) is 6.04 Å². The van der Waals surface area contributed by atoms with Gasteiger partial charge in [-0.25, -0.2) is 4.79 Å². The molecule has 30 heavy (non-hydrogen) atoms. The van der Waals surface area contributed by atoms with Gasteiger partial charge < -0.3 is 15.6 Å². The van der Waals surface area contributed by atoms with Gasteiger partial charge in [-0.2, -0.15) is 13.2 Å². The number of rotatable bonds is 8. The number of carbonyl (C=O) groups excluding carboxylic acids is 2. The zero-order chi connectivity index (χ0) is 22.7. The number of Topliss-reactive ketones (excluding diaryl/α,β-unsaturated/α-hetero) is 1. The quantitative estimate of drug-likeness (QED) is 0.629. The molecule has 0 fully saturated rings. The first-order valence-corrected chi connectivity index (χ1v) is 8.85. The van der Waals surface area contributed by atoms with E-state index in [-0.39, 0.29) is 12.4 Å². The van der Waals surface area contributed by atoms with E-state index >= 15 is 0 Å². The third-order valence-electron chi connectivity index (χ3n) is 3.86. The normalized spacial score (nSPS) is 11.6. The van der Waals surface area contributed by atoms with Gasteiger partial charge in [0, 0.05) is 12.0 Å². The molecule has 0 heterocycles. The smallest absolute Gasteiger partial charge is 0.490 e. The Balaban J connectivity index is 0.000000553. The zero-order valence-electron chi connectivity index (χ0n) is 16.2. The van der Waals surface area contributed by atoms with Crippen LogP contribution in [0.4, 0.5) is 13.2 Å². The van der Waals surface area contributed by atoms with Gasteiger partial charge in [-0.05, 0) is 31.0 Å². The molecule has 0 bridgehead atoms. The van der Waals surface area contributed by atoms with Crippen molar-refractivity contribution in [2.24, 2.45) is 5.73 Å². The van der Waals surface area contributed by atoms with Gasteiger partial charge in [0.15, 0.2) is 5.78 Å². The van der Waals surface area contributed by atoms with Crippen molar-refractivity contribution in [1.82, 2.24) is 0 Å². The second kappa shape index (κ2) is 11.7. The summed E-state index contributed by atoms with van der Waals surface area (Å²) >= 11 is 0. The SMILES string of the molecule is Cc1ccc(CCC(=O)[C@@H](N)COc2cccc(C=O)c2)cc1.O=C(O)C(F)(F)F. The van der Waals surface area contributed by atoms with Crippen LogP contribution < -0.4 is 10.5 Å². The molecule has 2 rings (SSSR count). The lowest BCUT2D eigenvalue weighted by atomic mass is 10.0. The number of carbonyl (C=O) groups is 3. The first-order valence-electron chi connectivity index (χ1n) is 8.85. The van der Waals surface area contributed by atoms with E-state index in [1.807, 2.05) is 31.2 Å². The molecule has 9 heteroatoms. The lowest BCUT2D eigenvalue weighted by molar-refractivity contribution is -0.192. The van der Waals surface area contributed by atoms with Gasteiger partial charge in [-0.1, -0.05) is 42.0 Å². The van der Waals surface area contributed by atoms with Crippen LogP contribution in [0, 0.1) is 6.92 Å². The van der Waals surface area contributed by atoms with E-state index in [2.05, 4.69) is 0 Å². The van der Waals surface area contributed by atoms with Crippen LogP contribution in [-0.2, 0) is 16.0 Å². The van der Waals surface area contributed by atoms with Crippen LogP contribution in [0.15, 0.2) is 48.5 Å². The van der Waals surface area contributed by atoms with Crippen molar-refractivity contribution >= 4 is 18.0 Å². The Morgan fingerprint density at radius 3 is 2.30 bits per heavy atom. The minimum atomic E-state index is -5.08. The van der Waals surface area contributed by atoms with Gasteiger partial charge in [0.2, 0.25) is 0 Å². The highest BCUT2D eigenvalue weighted by Crippen LogP contribution is 2.13. The molecule has 2 aromatic carbocycles. The van der Waals surface area contributed by atoms with Crippen LogP contribution >= 0.6 is 0 Å². The van der Waals surface area contributed by atoms with Crippen LogP contribution in [-0.4, -0.2) is 42.0 Å². The fourth-order valence-electron chi connectivity index (χ4n) is 2.16. The summed E-state index contributed by atoms with van der Waals surface area (Å²) in [5.74, 6) is -2.25. The van der Waals surface area contributed by atoms with E-state index < -0.39 is 18.2 Å². The number of halogens is 3. The summed E-state index contributed by atoms with van der Waals surface area (Å²) in [7, 11) is 0. The Hall–Kier alpha value is -3.20. The van der Waals surface area contributed by atoms with E-state index in [1.54, 1.807) is 24.3 Å². The third kappa shape index (κ3) is 9.33. The predicted octanol–water partition coefficient (Wildman–Crippen LogP) is 3.35. The lowest BCUT2D eigenvalue weighted by Gasteiger charge is -2.12. The molecule has 3 N–H and O–H groups in total. The van der Waals surface area contributed by atoms with E-state index in [0.717, 1.165) is 11.8 Å². The fraction of sp³-hybridized carbons (Fsp3) is 0.286. The molecule has 0 saturated carbocycles. The fourth-order valence-corrected chi connectivity index (χ4v) is 2.16. The van der Waals surface area contributed by atoms with Gasteiger partial charge in [-0.3, -0.25) is 9.59 Å². The summed E-state index contributed by atoms with van der Waals surface area (Å²) in [4.78, 5) is 31.7. The largest absolute Gasteiger partial charge is 0.491 e. The van der Waals surface area contributed by atoms with Crippen LogP contribution in [0.2, 0.25) is 0 Å². The van der Waals surface area contributed by atoms with Gasteiger partial charge in [0.25, 0.3) is 0 Å². The average molecular weight is 425 g/mol. The molecular formula is C21H22F3NO5. The van der Waals surface area contributed by atoms with E-state index in [4.69, 9.17) is 20.4 Å². The Morgan fingerprint density at radius 1 is 1.17 bits per heavy atom. The number of alkyl halides is 3. The van der Waals surface area contributed by atoms with Crippen LogP contribution in [0.1, 0.15) is 27.9 Å². The minimum absolute atomic E-state index is 0.0304. The number of ether oxygens (including phenoxy) is 1. The lowest BCUT2D eigenvalue weighted by Crippen LogP contribution is -2.36. The maximum atomic E-state index is 12.1. The molecule has 1 atom stereocenters. The standard InChI is InChI=1S/C19H21NO3.C2HF3O2/c1-14-5-7-15(8-6-14)9-10-19(22)18(20)13-23-17-4-2-3-16(11-17)12-21;3-2(4,5)1(6)7/h2-8,11-12,18H,9-10,13,20H2,1H3;(H,6,7)/t18-;/m0./s1. The average Bonchev–Trinajstić information content (AvgIpc) is 2.71. The molecule has 0 amide bonds. The van der Waals surface area contributed by atoms with Gasteiger partial charge >= 0.3 is 12.1 Å². The van der Waals surface area contributed by atoms with Crippen molar-refractivity contribution in [3.05, 3.63) is 65.2 Å². The summed E-state index contributed by atoms with van der Waals surface area (Å²) in [5.41, 5.74) is 8.73. The first kappa shape index (κ1) is 24.8. The van der Waals surface area contributed by atoms with Crippen molar-refractivity contribution < 1.29 is 37.4 Å². The molecule has 0 unspecified atom stereocenters. The van der Waals surface area contributed by atoms with Crippen molar-refractivity contribution in [3.63, 3.8) is 0 Å². The molecule has 162 valence electrons. The molecule has 0 aromatic heterocycles. The number of aryl methyl sites for hydroxylation is 2. The highest BCUT2D eigenvalue weighted by atomic mass is 19.4. The molecule has 6 nitrogen and oxygen atoms in total. The van der Waals surface area contributed by atoms with E-state index in [0.29, 0.717) is 24.2 Å². The molecule has 2 aromatic rings. The van der Waals surface area contributed by atoms with Crippen molar-refractivity contribution in [2.75, 3.05) is 6.61 Å². The number of carboxylic acids is 1. The maximum absolute atomic E-state index is 12.1. The number of hydrogen-bond acceptors (Lipinski definition) is 5. The summed E-state index contributed by atoms with van der Waals surface area (Å²) in [6.45, 7) is 2.14. The Labute approximate surface area is 171 Å². The number of aliphatic carboxylic acids is 1. The van der Waals surface area contributed by atoms with Crippen molar-refractivity contribution in [1.29, 1.82) is 0 Å². The van der Waals surface area contributed by atoms with Crippen molar-refractivity contribution in [3.8, 4) is 5.75 Å². The molecule has 0 saturated heterocycles. The van der Waals surface area contributed by atoms with Crippen LogP contribution in [0.5, 0.6) is 5.75 Å². The number of nitrogens with two attached hydrogens (primary N) is 1. The first-order chi connectivity index (χ1) is 14.0. The molecule has 0 aliphatic heterocycles. The highest BCUT2D eigenvalue weighted by Gasteiger charge is 2.38. The summed E-state index contributed by atoms with van der Waals surface area (Å²) in [6, 6.07) is 14.2.